The molecule has 0 spiro atoms. The summed E-state index contributed by atoms with van der Waals surface area (Å²) >= 11 is 0. The zero-order valence-corrected chi connectivity index (χ0v) is 17.8. The molecule has 2 aromatic carbocycles. The highest BCUT2D eigenvalue weighted by molar-refractivity contribution is 5.79. The lowest BCUT2D eigenvalue weighted by atomic mass is 10.0. The number of aromatic nitrogens is 2. The van der Waals surface area contributed by atoms with Gasteiger partial charge in [0.15, 0.2) is 0 Å². The maximum absolute atomic E-state index is 12.8. The highest BCUT2D eigenvalue weighted by Crippen LogP contribution is 2.32. The molecule has 2 unspecified atom stereocenters. The van der Waals surface area contributed by atoms with Crippen molar-refractivity contribution in [2.24, 2.45) is 7.05 Å². The van der Waals surface area contributed by atoms with E-state index in [-0.39, 0.29) is 18.0 Å². The lowest BCUT2D eigenvalue weighted by Gasteiger charge is -2.24. The number of nitrogens with one attached hydrogen (secondary N) is 1. The molecular weight excluding hydrogens is 360 g/mol. The van der Waals surface area contributed by atoms with E-state index in [1.807, 2.05) is 12.1 Å². The zero-order chi connectivity index (χ0) is 20.5. The van der Waals surface area contributed by atoms with Gasteiger partial charge in [0.05, 0.1) is 29.7 Å². The number of carbonyl (C=O) groups is 1. The first-order valence-electron chi connectivity index (χ1n) is 10.5. The fraction of sp³-hybridized carbons (Fsp3) is 0.417. The number of amides is 1. The SMILES string of the molecule is Cc1ccc(C(C)NC(=O)CN2CCCC2c2nc3ccccc3n2C)cc1C. The minimum atomic E-state index is -0.00129. The van der Waals surface area contributed by atoms with E-state index in [4.69, 9.17) is 4.98 Å². The highest BCUT2D eigenvalue weighted by Gasteiger charge is 2.31. The Kier molecular flexibility index (Phi) is 5.41. The van der Waals surface area contributed by atoms with Gasteiger partial charge in [0.25, 0.3) is 0 Å². The molecule has 0 bridgehead atoms. The summed E-state index contributed by atoms with van der Waals surface area (Å²) in [5, 5.41) is 3.18. The highest BCUT2D eigenvalue weighted by atomic mass is 16.2. The molecule has 3 aromatic rings. The van der Waals surface area contributed by atoms with Crippen LogP contribution < -0.4 is 5.32 Å². The Morgan fingerprint density at radius 1 is 1.21 bits per heavy atom. The summed E-state index contributed by atoms with van der Waals surface area (Å²) in [4.78, 5) is 19.9. The molecular formula is C24H30N4O. The van der Waals surface area contributed by atoms with Crippen molar-refractivity contribution in [1.29, 1.82) is 0 Å². The molecule has 0 saturated carbocycles. The Morgan fingerprint density at radius 3 is 2.76 bits per heavy atom. The monoisotopic (exact) mass is 390 g/mol. The van der Waals surface area contributed by atoms with Gasteiger partial charge in [-0.05, 0) is 69.0 Å². The quantitative estimate of drug-likeness (QED) is 0.710. The average Bonchev–Trinajstić information content (AvgIpc) is 3.28. The lowest BCUT2D eigenvalue weighted by molar-refractivity contribution is -0.123. The molecule has 0 radical (unpaired) electrons. The third-order valence-electron chi connectivity index (χ3n) is 6.24. The summed E-state index contributed by atoms with van der Waals surface area (Å²) in [6, 6.07) is 14.8. The average molecular weight is 391 g/mol. The molecule has 5 nitrogen and oxygen atoms in total. The van der Waals surface area contributed by atoms with Crippen LogP contribution in [0, 0.1) is 13.8 Å². The summed E-state index contributed by atoms with van der Waals surface area (Å²) in [6.45, 7) is 7.60. The van der Waals surface area contributed by atoms with Gasteiger partial charge in [-0.1, -0.05) is 30.3 Å². The molecule has 1 fully saturated rings. The number of likely N-dealkylation sites (tertiary alicyclic amines) is 1. The second-order valence-corrected chi connectivity index (χ2v) is 8.28. The summed E-state index contributed by atoms with van der Waals surface area (Å²) in [5.74, 6) is 1.13. The van der Waals surface area contributed by atoms with Crippen molar-refractivity contribution in [2.45, 2.75) is 45.7 Å². The van der Waals surface area contributed by atoms with Gasteiger partial charge in [-0.15, -0.1) is 0 Å². The van der Waals surface area contributed by atoms with Gasteiger partial charge < -0.3 is 9.88 Å². The molecule has 1 aliphatic rings. The number of para-hydroxylation sites is 2. The van der Waals surface area contributed by atoms with Gasteiger partial charge in [-0.3, -0.25) is 9.69 Å². The first-order chi connectivity index (χ1) is 13.9. The number of fused-ring (bicyclic) bond motifs is 1. The Morgan fingerprint density at radius 2 is 2.00 bits per heavy atom. The van der Waals surface area contributed by atoms with E-state index in [9.17, 15) is 4.79 Å². The topological polar surface area (TPSA) is 50.2 Å². The van der Waals surface area contributed by atoms with Crippen LogP contribution >= 0.6 is 0 Å². The van der Waals surface area contributed by atoms with E-state index in [1.54, 1.807) is 0 Å². The van der Waals surface area contributed by atoms with Crippen molar-refractivity contribution >= 4 is 16.9 Å². The van der Waals surface area contributed by atoms with E-state index >= 15 is 0 Å². The summed E-state index contributed by atoms with van der Waals surface area (Å²) in [6.07, 6.45) is 2.13. The number of hydrogen-bond acceptors (Lipinski definition) is 3. The zero-order valence-electron chi connectivity index (χ0n) is 17.8. The number of benzene rings is 2. The van der Waals surface area contributed by atoms with Gasteiger partial charge in [-0.2, -0.15) is 0 Å². The van der Waals surface area contributed by atoms with Gasteiger partial charge in [-0.25, -0.2) is 4.98 Å². The van der Waals surface area contributed by atoms with E-state index < -0.39 is 0 Å². The Hall–Kier alpha value is -2.66. The molecule has 1 N–H and O–H groups in total. The van der Waals surface area contributed by atoms with E-state index in [2.05, 4.69) is 72.9 Å². The van der Waals surface area contributed by atoms with Crippen LogP contribution in [0.5, 0.6) is 0 Å². The van der Waals surface area contributed by atoms with Crippen molar-refractivity contribution in [3.63, 3.8) is 0 Å². The molecule has 2 atom stereocenters. The van der Waals surface area contributed by atoms with Crippen LogP contribution in [0.2, 0.25) is 0 Å². The minimum absolute atomic E-state index is 0.00129. The van der Waals surface area contributed by atoms with Crippen molar-refractivity contribution in [2.75, 3.05) is 13.1 Å². The van der Waals surface area contributed by atoms with Crippen LogP contribution in [0.25, 0.3) is 11.0 Å². The maximum atomic E-state index is 12.8. The van der Waals surface area contributed by atoms with E-state index in [0.717, 1.165) is 41.8 Å². The Balaban J connectivity index is 1.45. The van der Waals surface area contributed by atoms with Crippen LogP contribution in [-0.2, 0) is 11.8 Å². The van der Waals surface area contributed by atoms with Crippen molar-refractivity contribution in [3.05, 3.63) is 65.0 Å². The molecule has 2 heterocycles. The van der Waals surface area contributed by atoms with E-state index in [1.165, 1.54) is 11.1 Å². The molecule has 152 valence electrons. The third kappa shape index (κ3) is 3.92. The van der Waals surface area contributed by atoms with E-state index in [0.29, 0.717) is 6.54 Å². The number of imidazole rings is 1. The van der Waals surface area contributed by atoms with Crippen molar-refractivity contribution in [1.82, 2.24) is 19.8 Å². The Labute approximate surface area is 172 Å². The molecule has 4 rings (SSSR count). The molecule has 29 heavy (non-hydrogen) atoms. The molecule has 1 amide bonds. The number of hydrogen-bond donors (Lipinski definition) is 1. The molecule has 1 aliphatic heterocycles. The van der Waals surface area contributed by atoms with Gasteiger partial charge >= 0.3 is 0 Å². The molecule has 1 saturated heterocycles. The van der Waals surface area contributed by atoms with Crippen LogP contribution in [0.1, 0.15) is 54.4 Å². The standard InChI is InChI=1S/C24H30N4O/c1-16-11-12-19(14-17(16)2)18(3)25-23(29)15-28-13-7-10-22(28)24-26-20-8-5-6-9-21(20)27(24)4/h5-6,8-9,11-12,14,18,22H,7,10,13,15H2,1-4H3,(H,25,29). The first-order valence-corrected chi connectivity index (χ1v) is 10.5. The van der Waals surface area contributed by atoms with Gasteiger partial charge in [0.1, 0.15) is 5.82 Å². The number of carbonyl (C=O) groups excluding carboxylic acids is 1. The Bertz CT molecular complexity index is 1040. The first kappa shape index (κ1) is 19.6. The predicted molar refractivity (Wildman–Crippen MR) is 117 cm³/mol. The maximum Gasteiger partial charge on any atom is 0.234 e. The fourth-order valence-electron chi connectivity index (χ4n) is 4.36. The van der Waals surface area contributed by atoms with Crippen molar-refractivity contribution in [3.8, 4) is 0 Å². The van der Waals surface area contributed by atoms with Crippen LogP contribution in [0.15, 0.2) is 42.5 Å². The summed E-state index contributed by atoms with van der Waals surface area (Å²) < 4.78 is 2.17. The number of nitrogens with zero attached hydrogens (tertiary/aromatic N) is 3. The number of aryl methyl sites for hydroxylation is 3. The molecule has 0 aliphatic carbocycles. The largest absolute Gasteiger partial charge is 0.348 e. The summed E-state index contributed by atoms with van der Waals surface area (Å²) in [7, 11) is 2.07. The van der Waals surface area contributed by atoms with Gasteiger partial charge in [0.2, 0.25) is 5.91 Å². The second kappa shape index (κ2) is 7.99. The second-order valence-electron chi connectivity index (χ2n) is 8.28. The lowest BCUT2D eigenvalue weighted by Crippen LogP contribution is -2.38. The normalized spacial score (nSPS) is 18.3. The number of rotatable bonds is 5. The minimum Gasteiger partial charge on any atom is -0.348 e. The van der Waals surface area contributed by atoms with Crippen LogP contribution in [-0.4, -0.2) is 33.4 Å². The van der Waals surface area contributed by atoms with Gasteiger partial charge in [0, 0.05) is 7.05 Å². The fourth-order valence-corrected chi connectivity index (χ4v) is 4.36. The summed E-state index contributed by atoms with van der Waals surface area (Å²) in [5.41, 5.74) is 5.83. The molecule has 1 aromatic heterocycles. The predicted octanol–water partition coefficient (Wildman–Crippen LogP) is 4.20. The van der Waals surface area contributed by atoms with Crippen molar-refractivity contribution < 1.29 is 4.79 Å². The smallest absolute Gasteiger partial charge is 0.234 e. The van der Waals surface area contributed by atoms with Crippen LogP contribution in [0.4, 0.5) is 0 Å². The van der Waals surface area contributed by atoms with Crippen LogP contribution in [0.3, 0.4) is 0 Å². The molecule has 5 heteroatoms. The third-order valence-corrected chi connectivity index (χ3v) is 6.24.